The molecule has 0 fully saturated rings. The van der Waals surface area contributed by atoms with Crippen LogP contribution in [0.5, 0.6) is 0 Å². The lowest BCUT2D eigenvalue weighted by Gasteiger charge is -2.10. The first-order valence-corrected chi connectivity index (χ1v) is 4.54. The predicted octanol–water partition coefficient (Wildman–Crippen LogP) is 2.22. The topological polar surface area (TPSA) is 34.1 Å². The van der Waals surface area contributed by atoms with Gasteiger partial charge < -0.3 is 0 Å². The molecule has 0 saturated carbocycles. The molecule has 0 rings (SSSR count). The van der Waals surface area contributed by atoms with Crippen LogP contribution >= 0.6 is 0 Å². The van der Waals surface area contributed by atoms with Gasteiger partial charge in [-0.1, -0.05) is 27.7 Å². The van der Waals surface area contributed by atoms with Gasteiger partial charge in [-0.05, 0) is 0 Å². The molecular weight excluding hydrogens is 152 g/mol. The van der Waals surface area contributed by atoms with Crippen molar-refractivity contribution in [2.45, 2.75) is 40.5 Å². The van der Waals surface area contributed by atoms with Crippen molar-refractivity contribution in [3.63, 3.8) is 0 Å². The minimum Gasteiger partial charge on any atom is -0.300 e. The molecule has 0 radical (unpaired) electrons. The van der Waals surface area contributed by atoms with Crippen LogP contribution in [0, 0.1) is 11.8 Å². The van der Waals surface area contributed by atoms with E-state index in [0.717, 1.165) is 0 Å². The Morgan fingerprint density at radius 1 is 1.17 bits per heavy atom. The van der Waals surface area contributed by atoms with Gasteiger partial charge >= 0.3 is 0 Å². The minimum absolute atomic E-state index is 0.0460. The van der Waals surface area contributed by atoms with Crippen LogP contribution in [0.25, 0.3) is 0 Å². The van der Waals surface area contributed by atoms with Crippen LogP contribution in [0.15, 0.2) is 0 Å². The monoisotopic (exact) mass is 170 g/mol. The molecular formula is C10H18O2. The summed E-state index contributed by atoms with van der Waals surface area (Å²) in [5.41, 5.74) is 0. The molecule has 0 aromatic rings. The SMILES string of the molecule is CCC(=O)CC(C)C(=O)C(C)C. The molecule has 0 heterocycles. The van der Waals surface area contributed by atoms with Gasteiger partial charge in [-0.15, -0.1) is 0 Å². The molecule has 70 valence electrons. The highest BCUT2D eigenvalue weighted by molar-refractivity contribution is 5.88. The van der Waals surface area contributed by atoms with Gasteiger partial charge in [0.2, 0.25) is 0 Å². The first kappa shape index (κ1) is 11.3. The van der Waals surface area contributed by atoms with Gasteiger partial charge in [-0.2, -0.15) is 0 Å². The summed E-state index contributed by atoms with van der Waals surface area (Å²) in [5.74, 6) is 0.315. The summed E-state index contributed by atoms with van der Waals surface area (Å²) in [6.07, 6.45) is 0.948. The lowest BCUT2D eigenvalue weighted by atomic mass is 9.92. The van der Waals surface area contributed by atoms with E-state index in [1.165, 1.54) is 0 Å². The highest BCUT2D eigenvalue weighted by Gasteiger charge is 2.18. The van der Waals surface area contributed by atoms with E-state index >= 15 is 0 Å². The van der Waals surface area contributed by atoms with Crippen molar-refractivity contribution in [2.75, 3.05) is 0 Å². The lowest BCUT2D eigenvalue weighted by Crippen LogP contribution is -2.19. The summed E-state index contributed by atoms with van der Waals surface area (Å²) in [5, 5.41) is 0. The quantitative estimate of drug-likeness (QED) is 0.634. The van der Waals surface area contributed by atoms with Crippen molar-refractivity contribution in [1.29, 1.82) is 0 Å². The average molecular weight is 170 g/mol. The predicted molar refractivity (Wildman–Crippen MR) is 48.9 cm³/mol. The molecule has 0 aliphatic heterocycles. The third-order valence-electron chi connectivity index (χ3n) is 1.98. The van der Waals surface area contributed by atoms with Gasteiger partial charge in [0.25, 0.3) is 0 Å². The number of ketones is 2. The first-order chi connectivity index (χ1) is 5.49. The van der Waals surface area contributed by atoms with Crippen molar-refractivity contribution in [2.24, 2.45) is 11.8 Å². The summed E-state index contributed by atoms with van der Waals surface area (Å²) in [7, 11) is 0. The van der Waals surface area contributed by atoms with Crippen LogP contribution in [0.3, 0.4) is 0 Å². The Morgan fingerprint density at radius 2 is 1.67 bits per heavy atom. The summed E-state index contributed by atoms with van der Waals surface area (Å²) < 4.78 is 0. The molecule has 12 heavy (non-hydrogen) atoms. The fourth-order valence-corrected chi connectivity index (χ4v) is 1.16. The number of rotatable bonds is 5. The molecule has 0 N–H and O–H groups in total. The Bertz CT molecular complexity index is 171. The zero-order valence-corrected chi connectivity index (χ0v) is 8.39. The van der Waals surface area contributed by atoms with Gasteiger partial charge in [0.1, 0.15) is 11.6 Å². The van der Waals surface area contributed by atoms with E-state index in [0.29, 0.717) is 12.8 Å². The number of Topliss-reactive ketones (excluding diaryl/α,β-unsaturated/α-hetero) is 2. The molecule has 0 aromatic heterocycles. The van der Waals surface area contributed by atoms with E-state index in [2.05, 4.69) is 0 Å². The molecule has 0 saturated heterocycles. The molecule has 0 aromatic carbocycles. The third kappa shape index (κ3) is 3.65. The van der Waals surface area contributed by atoms with E-state index in [-0.39, 0.29) is 23.4 Å². The van der Waals surface area contributed by atoms with Crippen LogP contribution in [0.2, 0.25) is 0 Å². The molecule has 0 spiro atoms. The maximum Gasteiger partial charge on any atom is 0.138 e. The largest absolute Gasteiger partial charge is 0.300 e. The van der Waals surface area contributed by atoms with E-state index in [4.69, 9.17) is 0 Å². The molecule has 1 unspecified atom stereocenters. The van der Waals surface area contributed by atoms with Gasteiger partial charge in [0.15, 0.2) is 0 Å². The normalized spacial score (nSPS) is 13.1. The third-order valence-corrected chi connectivity index (χ3v) is 1.98. The maximum absolute atomic E-state index is 11.3. The van der Waals surface area contributed by atoms with E-state index < -0.39 is 0 Å². The van der Waals surface area contributed by atoms with Gasteiger partial charge in [0, 0.05) is 24.7 Å². The van der Waals surface area contributed by atoms with Gasteiger partial charge in [-0.3, -0.25) is 9.59 Å². The summed E-state index contributed by atoms with van der Waals surface area (Å²) in [6, 6.07) is 0. The number of carbonyl (C=O) groups is 2. The lowest BCUT2D eigenvalue weighted by molar-refractivity contribution is -0.129. The fourth-order valence-electron chi connectivity index (χ4n) is 1.16. The van der Waals surface area contributed by atoms with Crippen LogP contribution < -0.4 is 0 Å². The molecule has 0 aliphatic rings. The molecule has 0 bridgehead atoms. The second-order valence-electron chi connectivity index (χ2n) is 3.55. The highest BCUT2D eigenvalue weighted by Crippen LogP contribution is 2.11. The van der Waals surface area contributed by atoms with Crippen LogP contribution in [0.4, 0.5) is 0 Å². The van der Waals surface area contributed by atoms with E-state index in [9.17, 15) is 9.59 Å². The second kappa shape index (κ2) is 5.07. The van der Waals surface area contributed by atoms with Crippen molar-refractivity contribution in [3.05, 3.63) is 0 Å². The van der Waals surface area contributed by atoms with Crippen molar-refractivity contribution in [1.82, 2.24) is 0 Å². The Morgan fingerprint density at radius 3 is 2.00 bits per heavy atom. The molecule has 1 atom stereocenters. The summed E-state index contributed by atoms with van der Waals surface area (Å²) in [6.45, 7) is 7.40. The minimum atomic E-state index is -0.0996. The van der Waals surface area contributed by atoms with Crippen molar-refractivity contribution >= 4 is 11.6 Å². The molecule has 0 amide bonds. The standard InChI is InChI=1S/C10H18O2/c1-5-9(11)6-8(4)10(12)7(2)3/h7-8H,5-6H2,1-4H3. The number of carbonyl (C=O) groups excluding carboxylic acids is 2. The second-order valence-corrected chi connectivity index (χ2v) is 3.55. The van der Waals surface area contributed by atoms with E-state index in [1.54, 1.807) is 0 Å². The highest BCUT2D eigenvalue weighted by atomic mass is 16.1. The van der Waals surface area contributed by atoms with Crippen molar-refractivity contribution in [3.8, 4) is 0 Å². The zero-order chi connectivity index (χ0) is 9.72. The maximum atomic E-state index is 11.3. The average Bonchev–Trinajstić information content (AvgIpc) is 2.02. The van der Waals surface area contributed by atoms with E-state index in [1.807, 2.05) is 27.7 Å². The Balaban J connectivity index is 3.95. The Hall–Kier alpha value is -0.660. The Labute approximate surface area is 74.3 Å². The molecule has 0 aliphatic carbocycles. The number of hydrogen-bond donors (Lipinski definition) is 0. The zero-order valence-electron chi connectivity index (χ0n) is 8.39. The fraction of sp³-hybridized carbons (Fsp3) is 0.800. The molecule has 2 nitrogen and oxygen atoms in total. The van der Waals surface area contributed by atoms with Crippen LogP contribution in [-0.4, -0.2) is 11.6 Å². The summed E-state index contributed by atoms with van der Waals surface area (Å²) >= 11 is 0. The smallest absolute Gasteiger partial charge is 0.138 e. The van der Waals surface area contributed by atoms with Crippen LogP contribution in [0.1, 0.15) is 40.5 Å². The van der Waals surface area contributed by atoms with Crippen molar-refractivity contribution < 1.29 is 9.59 Å². The van der Waals surface area contributed by atoms with Crippen LogP contribution in [-0.2, 0) is 9.59 Å². The Kier molecular flexibility index (Phi) is 4.79. The molecule has 2 heteroatoms. The number of hydrogen-bond acceptors (Lipinski definition) is 2. The van der Waals surface area contributed by atoms with Gasteiger partial charge in [0.05, 0.1) is 0 Å². The van der Waals surface area contributed by atoms with Gasteiger partial charge in [-0.25, -0.2) is 0 Å². The summed E-state index contributed by atoms with van der Waals surface area (Å²) in [4.78, 5) is 22.3. The first-order valence-electron chi connectivity index (χ1n) is 4.54.